The van der Waals surface area contributed by atoms with Gasteiger partial charge in [0.2, 0.25) is 9.84 Å². The van der Waals surface area contributed by atoms with Crippen molar-refractivity contribution in [3.8, 4) is 0 Å². The van der Waals surface area contributed by atoms with Crippen LogP contribution in [0.3, 0.4) is 0 Å². The Balaban J connectivity index is 3.09. The minimum Gasteiger partial charge on any atom is -0.344 e. The maximum atomic E-state index is 10.8. The topological polar surface area (TPSA) is 86.2 Å². The zero-order valence-corrected chi connectivity index (χ0v) is 6.76. The van der Waals surface area contributed by atoms with Gasteiger partial charge < -0.3 is 10.3 Å². The van der Waals surface area contributed by atoms with Crippen LogP contribution in [-0.4, -0.2) is 19.8 Å². The number of aromatic nitrogens is 1. The second kappa shape index (κ2) is 2.63. The Labute approximate surface area is 64.1 Å². The molecule has 0 spiro atoms. The highest BCUT2D eigenvalue weighted by atomic mass is 32.2. The van der Waals surface area contributed by atoms with Crippen LogP contribution in [0.1, 0.15) is 5.69 Å². The van der Waals surface area contributed by atoms with Crippen LogP contribution in [0.25, 0.3) is 0 Å². The summed E-state index contributed by atoms with van der Waals surface area (Å²) < 4.78 is 26.1. The normalized spacial score (nSPS) is 11.8. The van der Waals surface area contributed by atoms with Crippen molar-refractivity contribution < 1.29 is 12.9 Å². The summed E-state index contributed by atoms with van der Waals surface area (Å²) in [5.74, 6) is 0. The van der Waals surface area contributed by atoms with Crippen molar-refractivity contribution >= 4 is 9.84 Å². The van der Waals surface area contributed by atoms with Crippen LogP contribution in [0.2, 0.25) is 0 Å². The highest BCUT2D eigenvalue weighted by Gasteiger charge is 2.13. The Morgan fingerprint density at radius 3 is 2.64 bits per heavy atom. The average molecular weight is 176 g/mol. The third kappa shape index (κ3) is 1.78. The fourth-order valence-electron chi connectivity index (χ4n) is 0.563. The van der Waals surface area contributed by atoms with Crippen molar-refractivity contribution in [3.63, 3.8) is 0 Å². The molecule has 11 heavy (non-hydrogen) atoms. The molecule has 0 unspecified atom stereocenters. The molecule has 0 saturated carbocycles. The van der Waals surface area contributed by atoms with Gasteiger partial charge in [-0.2, -0.15) is 0 Å². The second-order valence-corrected chi connectivity index (χ2v) is 4.06. The van der Waals surface area contributed by atoms with Gasteiger partial charge in [-0.1, -0.05) is 5.16 Å². The molecule has 0 aliphatic carbocycles. The van der Waals surface area contributed by atoms with Crippen LogP contribution in [0.5, 0.6) is 0 Å². The second-order valence-electron chi connectivity index (χ2n) is 2.11. The Hall–Kier alpha value is -0.880. The van der Waals surface area contributed by atoms with Crippen molar-refractivity contribution in [2.75, 3.05) is 6.26 Å². The van der Waals surface area contributed by atoms with Crippen molar-refractivity contribution in [1.29, 1.82) is 0 Å². The van der Waals surface area contributed by atoms with Crippen molar-refractivity contribution in [2.24, 2.45) is 5.73 Å². The first-order valence-electron chi connectivity index (χ1n) is 2.90. The Morgan fingerprint density at radius 2 is 2.36 bits per heavy atom. The predicted molar refractivity (Wildman–Crippen MR) is 37.5 cm³/mol. The summed E-state index contributed by atoms with van der Waals surface area (Å²) in [5, 5.41) is 3.28. The fraction of sp³-hybridized carbons (Fsp3) is 0.400. The van der Waals surface area contributed by atoms with Crippen molar-refractivity contribution in [1.82, 2.24) is 5.16 Å². The van der Waals surface area contributed by atoms with E-state index in [0.717, 1.165) is 6.26 Å². The van der Waals surface area contributed by atoms with E-state index in [9.17, 15) is 8.42 Å². The minimum atomic E-state index is -3.28. The zero-order chi connectivity index (χ0) is 8.48. The molecule has 0 fully saturated rings. The van der Waals surface area contributed by atoms with E-state index in [1.807, 2.05) is 0 Å². The van der Waals surface area contributed by atoms with E-state index in [0.29, 0.717) is 5.69 Å². The molecule has 0 atom stereocenters. The van der Waals surface area contributed by atoms with Gasteiger partial charge in [0.25, 0.3) is 5.09 Å². The first-order chi connectivity index (χ1) is 5.04. The molecule has 0 saturated heterocycles. The fourth-order valence-corrected chi connectivity index (χ4v) is 1.09. The van der Waals surface area contributed by atoms with Crippen LogP contribution in [0, 0.1) is 0 Å². The highest BCUT2D eigenvalue weighted by Crippen LogP contribution is 2.09. The van der Waals surface area contributed by atoms with Crippen LogP contribution in [0.4, 0.5) is 0 Å². The first kappa shape index (κ1) is 8.22. The van der Waals surface area contributed by atoms with Crippen LogP contribution in [0.15, 0.2) is 15.7 Å². The molecule has 1 aromatic heterocycles. The van der Waals surface area contributed by atoms with Crippen molar-refractivity contribution in [2.45, 2.75) is 11.6 Å². The van der Waals surface area contributed by atoms with E-state index in [1.165, 1.54) is 6.07 Å². The molecule has 6 heteroatoms. The Bertz CT molecular complexity index is 340. The third-order valence-corrected chi connectivity index (χ3v) is 2.04. The van der Waals surface area contributed by atoms with E-state index >= 15 is 0 Å². The maximum Gasteiger partial charge on any atom is 0.250 e. The Morgan fingerprint density at radius 1 is 1.73 bits per heavy atom. The molecule has 62 valence electrons. The lowest BCUT2D eigenvalue weighted by atomic mass is 10.4. The van der Waals surface area contributed by atoms with E-state index in [2.05, 4.69) is 9.68 Å². The lowest BCUT2D eigenvalue weighted by Gasteiger charge is -1.84. The van der Waals surface area contributed by atoms with Crippen LogP contribution >= 0.6 is 0 Å². The third-order valence-electron chi connectivity index (χ3n) is 1.11. The number of nitrogens with two attached hydrogens (primary N) is 1. The molecule has 1 heterocycles. The van der Waals surface area contributed by atoms with Gasteiger partial charge in [0.05, 0.1) is 5.69 Å². The number of rotatable bonds is 2. The van der Waals surface area contributed by atoms with E-state index in [4.69, 9.17) is 5.73 Å². The predicted octanol–water partition coefficient (Wildman–Crippen LogP) is -0.463. The van der Waals surface area contributed by atoms with Gasteiger partial charge in [0, 0.05) is 18.9 Å². The monoisotopic (exact) mass is 176 g/mol. The first-order valence-corrected chi connectivity index (χ1v) is 4.79. The van der Waals surface area contributed by atoms with Crippen LogP contribution < -0.4 is 5.73 Å². The standard InChI is InChI=1S/C5H8N2O3S/c1-11(8,9)5-2-4(3-6)7-10-5/h2H,3,6H2,1H3. The molecule has 1 rings (SSSR count). The average Bonchev–Trinajstić information content (AvgIpc) is 2.32. The summed E-state index contributed by atoms with van der Waals surface area (Å²) in [6.07, 6.45) is 1.05. The van der Waals surface area contributed by atoms with E-state index in [-0.39, 0.29) is 11.6 Å². The van der Waals surface area contributed by atoms with Gasteiger partial charge in [0.15, 0.2) is 0 Å². The largest absolute Gasteiger partial charge is 0.344 e. The van der Waals surface area contributed by atoms with Crippen LogP contribution in [-0.2, 0) is 16.4 Å². The van der Waals surface area contributed by atoms with E-state index < -0.39 is 9.84 Å². The number of hydrogen-bond acceptors (Lipinski definition) is 5. The summed E-state index contributed by atoms with van der Waals surface area (Å²) in [4.78, 5) is 0. The Kier molecular flexibility index (Phi) is 1.97. The molecule has 1 aromatic rings. The van der Waals surface area contributed by atoms with Gasteiger partial charge in [-0.15, -0.1) is 0 Å². The number of sulfone groups is 1. The summed E-state index contributed by atoms with van der Waals surface area (Å²) in [7, 11) is -3.28. The molecule has 2 N–H and O–H groups in total. The summed E-state index contributed by atoms with van der Waals surface area (Å²) in [5.41, 5.74) is 5.62. The molecule has 0 aromatic carbocycles. The molecule has 0 amide bonds. The number of nitrogens with zero attached hydrogens (tertiary/aromatic N) is 1. The highest BCUT2D eigenvalue weighted by molar-refractivity contribution is 7.90. The molecular weight excluding hydrogens is 168 g/mol. The van der Waals surface area contributed by atoms with Gasteiger partial charge >= 0.3 is 0 Å². The lowest BCUT2D eigenvalue weighted by molar-refractivity contribution is 0.335. The van der Waals surface area contributed by atoms with Gasteiger partial charge in [0.1, 0.15) is 0 Å². The van der Waals surface area contributed by atoms with Crippen molar-refractivity contribution in [3.05, 3.63) is 11.8 Å². The molecule has 0 aliphatic heterocycles. The summed E-state index contributed by atoms with van der Waals surface area (Å²) in [6.45, 7) is 0.180. The lowest BCUT2D eigenvalue weighted by Crippen LogP contribution is -1.96. The molecule has 0 aliphatic rings. The van der Waals surface area contributed by atoms with E-state index in [1.54, 1.807) is 0 Å². The minimum absolute atomic E-state index is 0.141. The SMILES string of the molecule is CS(=O)(=O)c1cc(CN)no1. The maximum absolute atomic E-state index is 10.8. The zero-order valence-electron chi connectivity index (χ0n) is 5.94. The quantitative estimate of drug-likeness (QED) is 0.658. The molecule has 0 radical (unpaired) electrons. The molecule has 0 bridgehead atoms. The van der Waals surface area contributed by atoms with Gasteiger partial charge in [-0.3, -0.25) is 0 Å². The summed E-state index contributed by atoms with van der Waals surface area (Å²) >= 11 is 0. The number of hydrogen-bond donors (Lipinski definition) is 1. The molecular formula is C5H8N2O3S. The molecule has 5 nitrogen and oxygen atoms in total. The smallest absolute Gasteiger partial charge is 0.250 e. The van der Waals surface area contributed by atoms with Gasteiger partial charge in [-0.25, -0.2) is 8.42 Å². The summed E-state index contributed by atoms with van der Waals surface area (Å²) in [6, 6.07) is 1.31. The van der Waals surface area contributed by atoms with Gasteiger partial charge in [-0.05, 0) is 0 Å².